The zero-order valence-corrected chi connectivity index (χ0v) is 12.3. The number of carboxylic acid groups (broad SMARTS) is 1. The van der Waals surface area contributed by atoms with Crippen molar-refractivity contribution in [3.8, 4) is 0 Å². The maximum Gasteiger partial charge on any atom is 0.322 e. The minimum Gasteiger partial charge on any atom is -0.480 e. The standard InChI is InChI=1S/C12H22N2O4S/c1-9-7-13(8-10(9)2)19(17,18)14-6-4-3-5-11(14)12(15)16/h9-11H,3-8H2,1-2H3,(H,15,16). The van der Waals surface area contributed by atoms with Crippen LogP contribution in [0.2, 0.25) is 0 Å². The molecule has 0 radical (unpaired) electrons. The van der Waals surface area contributed by atoms with Gasteiger partial charge < -0.3 is 5.11 Å². The molecule has 0 saturated carbocycles. The van der Waals surface area contributed by atoms with Gasteiger partial charge in [0.2, 0.25) is 0 Å². The Morgan fingerprint density at radius 1 is 1.16 bits per heavy atom. The van der Waals surface area contributed by atoms with Crippen LogP contribution in [-0.2, 0) is 15.0 Å². The summed E-state index contributed by atoms with van der Waals surface area (Å²) in [4.78, 5) is 11.2. The molecule has 0 aromatic rings. The van der Waals surface area contributed by atoms with E-state index in [1.54, 1.807) is 0 Å². The van der Waals surface area contributed by atoms with Crippen molar-refractivity contribution in [2.45, 2.75) is 39.2 Å². The molecule has 1 N–H and O–H groups in total. The first kappa shape index (κ1) is 14.7. The summed E-state index contributed by atoms with van der Waals surface area (Å²) in [6, 6.07) is -0.898. The van der Waals surface area contributed by atoms with Crippen LogP contribution in [0.3, 0.4) is 0 Å². The lowest BCUT2D eigenvalue weighted by Gasteiger charge is -2.34. The number of carbonyl (C=O) groups is 1. The number of carboxylic acids is 1. The van der Waals surface area contributed by atoms with Gasteiger partial charge in [-0.3, -0.25) is 4.79 Å². The molecule has 6 nitrogen and oxygen atoms in total. The number of rotatable bonds is 3. The van der Waals surface area contributed by atoms with Crippen LogP contribution in [0.5, 0.6) is 0 Å². The molecule has 3 unspecified atom stereocenters. The van der Waals surface area contributed by atoms with Crippen LogP contribution in [0.1, 0.15) is 33.1 Å². The van der Waals surface area contributed by atoms with Crippen molar-refractivity contribution in [1.29, 1.82) is 0 Å². The van der Waals surface area contributed by atoms with E-state index in [2.05, 4.69) is 0 Å². The van der Waals surface area contributed by atoms with E-state index in [1.807, 2.05) is 13.8 Å². The Labute approximate surface area is 114 Å². The van der Waals surface area contributed by atoms with Gasteiger partial charge in [-0.15, -0.1) is 0 Å². The minimum absolute atomic E-state index is 0.318. The molecule has 0 spiro atoms. The number of nitrogens with zero attached hydrogens (tertiary/aromatic N) is 2. The summed E-state index contributed by atoms with van der Waals surface area (Å²) in [5.74, 6) is -0.394. The van der Waals surface area contributed by atoms with Gasteiger partial charge in [-0.1, -0.05) is 13.8 Å². The van der Waals surface area contributed by atoms with Gasteiger partial charge in [0.25, 0.3) is 10.2 Å². The Kier molecular flexibility index (Phi) is 4.17. The monoisotopic (exact) mass is 290 g/mol. The smallest absolute Gasteiger partial charge is 0.322 e. The molecule has 2 heterocycles. The van der Waals surface area contributed by atoms with Gasteiger partial charge in [0, 0.05) is 19.6 Å². The highest BCUT2D eigenvalue weighted by atomic mass is 32.2. The second kappa shape index (κ2) is 5.38. The summed E-state index contributed by atoms with van der Waals surface area (Å²) in [6.45, 7) is 5.37. The van der Waals surface area contributed by atoms with Crippen LogP contribution in [0, 0.1) is 11.8 Å². The first-order chi connectivity index (χ1) is 8.84. The maximum atomic E-state index is 12.6. The van der Waals surface area contributed by atoms with Crippen LogP contribution < -0.4 is 0 Å². The predicted molar refractivity (Wildman–Crippen MR) is 70.8 cm³/mol. The zero-order valence-electron chi connectivity index (χ0n) is 11.4. The second-order valence-corrected chi connectivity index (χ2v) is 7.62. The molecule has 0 aromatic heterocycles. The third kappa shape index (κ3) is 2.78. The Bertz CT molecular complexity index is 441. The molecular weight excluding hydrogens is 268 g/mol. The summed E-state index contributed by atoms with van der Waals surface area (Å²) in [5.41, 5.74) is 0. The Balaban J connectivity index is 2.20. The molecule has 19 heavy (non-hydrogen) atoms. The third-order valence-electron chi connectivity index (χ3n) is 4.32. The van der Waals surface area contributed by atoms with Crippen molar-refractivity contribution in [2.24, 2.45) is 11.8 Å². The van der Waals surface area contributed by atoms with Crippen LogP contribution >= 0.6 is 0 Å². The highest BCUT2D eigenvalue weighted by molar-refractivity contribution is 7.86. The van der Waals surface area contributed by atoms with Crippen LogP contribution in [0.25, 0.3) is 0 Å². The third-order valence-corrected chi connectivity index (χ3v) is 6.30. The molecule has 3 atom stereocenters. The van der Waals surface area contributed by atoms with Gasteiger partial charge in [0.15, 0.2) is 0 Å². The fraction of sp³-hybridized carbons (Fsp3) is 0.917. The van der Waals surface area contributed by atoms with Gasteiger partial charge in [-0.25, -0.2) is 0 Å². The minimum atomic E-state index is -3.64. The summed E-state index contributed by atoms with van der Waals surface area (Å²) in [5, 5.41) is 9.19. The van der Waals surface area contributed by atoms with E-state index in [4.69, 9.17) is 0 Å². The first-order valence-electron chi connectivity index (χ1n) is 6.83. The molecular formula is C12H22N2O4S. The van der Waals surface area contributed by atoms with E-state index in [-0.39, 0.29) is 0 Å². The molecule has 2 saturated heterocycles. The van der Waals surface area contributed by atoms with Crippen LogP contribution in [0.4, 0.5) is 0 Å². The van der Waals surface area contributed by atoms with E-state index in [0.717, 1.165) is 12.8 Å². The van der Waals surface area contributed by atoms with Crippen molar-refractivity contribution < 1.29 is 18.3 Å². The maximum absolute atomic E-state index is 12.6. The SMILES string of the molecule is CC1CN(S(=O)(=O)N2CCCCC2C(=O)O)CC1C. The summed E-state index contributed by atoms with van der Waals surface area (Å²) in [7, 11) is -3.64. The average Bonchev–Trinajstić information content (AvgIpc) is 2.70. The highest BCUT2D eigenvalue weighted by Gasteiger charge is 2.43. The van der Waals surface area contributed by atoms with Crippen molar-refractivity contribution in [2.75, 3.05) is 19.6 Å². The van der Waals surface area contributed by atoms with Crippen molar-refractivity contribution >= 4 is 16.2 Å². The van der Waals surface area contributed by atoms with Gasteiger partial charge in [-0.05, 0) is 31.1 Å². The van der Waals surface area contributed by atoms with Crippen molar-refractivity contribution in [1.82, 2.24) is 8.61 Å². The lowest BCUT2D eigenvalue weighted by molar-refractivity contribution is -0.142. The molecule has 0 aromatic carbocycles. The van der Waals surface area contributed by atoms with E-state index < -0.39 is 22.2 Å². The lowest BCUT2D eigenvalue weighted by atomic mass is 10.0. The molecule has 110 valence electrons. The number of hydrogen-bond acceptors (Lipinski definition) is 3. The van der Waals surface area contributed by atoms with Crippen molar-refractivity contribution in [3.63, 3.8) is 0 Å². The average molecular weight is 290 g/mol. The number of hydrogen-bond donors (Lipinski definition) is 1. The molecule has 7 heteroatoms. The van der Waals surface area contributed by atoms with Gasteiger partial charge in [0.1, 0.15) is 6.04 Å². The predicted octanol–water partition coefficient (Wildman–Crippen LogP) is 0.758. The van der Waals surface area contributed by atoms with Crippen LogP contribution in [0.15, 0.2) is 0 Å². The molecule has 2 aliphatic heterocycles. The highest BCUT2D eigenvalue weighted by Crippen LogP contribution is 2.29. The molecule has 2 aliphatic rings. The quantitative estimate of drug-likeness (QED) is 0.832. The van der Waals surface area contributed by atoms with Gasteiger partial charge >= 0.3 is 5.97 Å². The van der Waals surface area contributed by atoms with E-state index in [9.17, 15) is 18.3 Å². The first-order valence-corrected chi connectivity index (χ1v) is 8.23. The van der Waals surface area contributed by atoms with E-state index in [1.165, 1.54) is 8.61 Å². The zero-order chi connectivity index (χ0) is 14.2. The van der Waals surface area contributed by atoms with Gasteiger partial charge in [-0.2, -0.15) is 17.0 Å². The Hall–Kier alpha value is -0.660. The molecule has 0 amide bonds. The molecule has 2 fully saturated rings. The summed E-state index contributed by atoms with van der Waals surface area (Å²) in [6.07, 6.45) is 1.92. The van der Waals surface area contributed by atoms with E-state index >= 15 is 0 Å². The Morgan fingerprint density at radius 2 is 1.74 bits per heavy atom. The lowest BCUT2D eigenvalue weighted by Crippen LogP contribution is -2.52. The number of aliphatic carboxylic acids is 1. The topological polar surface area (TPSA) is 77.9 Å². The Morgan fingerprint density at radius 3 is 2.26 bits per heavy atom. The van der Waals surface area contributed by atoms with Gasteiger partial charge in [0.05, 0.1) is 0 Å². The molecule has 0 aliphatic carbocycles. The van der Waals surface area contributed by atoms with E-state index in [0.29, 0.717) is 37.9 Å². The largest absolute Gasteiger partial charge is 0.480 e. The normalized spacial score (nSPS) is 34.5. The fourth-order valence-electron chi connectivity index (χ4n) is 2.84. The van der Waals surface area contributed by atoms with Crippen molar-refractivity contribution in [3.05, 3.63) is 0 Å². The molecule has 0 bridgehead atoms. The summed E-state index contributed by atoms with van der Waals surface area (Å²) >= 11 is 0. The second-order valence-electron chi connectivity index (χ2n) is 5.74. The summed E-state index contributed by atoms with van der Waals surface area (Å²) < 4.78 is 27.8. The van der Waals surface area contributed by atoms with Crippen LogP contribution in [-0.4, -0.2) is 53.8 Å². The molecule has 2 rings (SSSR count). The number of piperidine rings is 1. The fourth-order valence-corrected chi connectivity index (χ4v) is 4.86.